The fourth-order valence-corrected chi connectivity index (χ4v) is 3.20. The van der Waals surface area contributed by atoms with E-state index in [2.05, 4.69) is 14.9 Å². The third-order valence-corrected chi connectivity index (χ3v) is 4.63. The van der Waals surface area contributed by atoms with Crippen molar-refractivity contribution < 1.29 is 17.6 Å². The molecule has 0 atom stereocenters. The van der Waals surface area contributed by atoms with Crippen LogP contribution >= 0.6 is 0 Å². The maximum absolute atomic E-state index is 12.0. The van der Waals surface area contributed by atoms with E-state index < -0.39 is 10.0 Å². The molecule has 1 fully saturated rings. The molecule has 1 aliphatic rings. The van der Waals surface area contributed by atoms with E-state index >= 15 is 0 Å². The van der Waals surface area contributed by atoms with Crippen molar-refractivity contribution in [3.8, 4) is 0 Å². The van der Waals surface area contributed by atoms with Crippen molar-refractivity contribution in [3.63, 3.8) is 0 Å². The number of morpholine rings is 1. The van der Waals surface area contributed by atoms with Crippen molar-refractivity contribution in [1.82, 2.24) is 14.9 Å². The summed E-state index contributed by atoms with van der Waals surface area (Å²) in [5.41, 5.74) is 0. The summed E-state index contributed by atoms with van der Waals surface area (Å²) < 4.78 is 37.2. The third kappa shape index (κ3) is 5.08. The molecule has 0 amide bonds. The first-order valence-corrected chi connectivity index (χ1v) is 8.63. The molecule has 2 heterocycles. The monoisotopic (exact) mass is 317 g/mol. The lowest BCUT2D eigenvalue weighted by molar-refractivity contribution is 0.0376. The van der Waals surface area contributed by atoms with E-state index in [1.54, 1.807) is 13.1 Å². The zero-order valence-corrected chi connectivity index (χ0v) is 13.1. The molecular weight excluding hydrogens is 294 g/mol. The van der Waals surface area contributed by atoms with Gasteiger partial charge in [0, 0.05) is 19.6 Å². The molecule has 0 radical (unpaired) electrons. The van der Waals surface area contributed by atoms with Crippen LogP contribution in [-0.2, 0) is 21.3 Å². The van der Waals surface area contributed by atoms with E-state index in [1.807, 2.05) is 0 Å². The normalized spacial score (nSPS) is 17.2. The van der Waals surface area contributed by atoms with E-state index in [-0.39, 0.29) is 5.09 Å². The summed E-state index contributed by atoms with van der Waals surface area (Å²) in [5.74, 6) is 0.603. The summed E-state index contributed by atoms with van der Waals surface area (Å²) in [7, 11) is -1.77. The lowest BCUT2D eigenvalue weighted by atomic mass is 10.3. The van der Waals surface area contributed by atoms with Gasteiger partial charge in [0.05, 0.1) is 19.8 Å². The van der Waals surface area contributed by atoms with Gasteiger partial charge in [0.15, 0.2) is 0 Å². The first-order valence-electron chi connectivity index (χ1n) is 7.15. The molecule has 0 bridgehead atoms. The minimum atomic E-state index is -3.55. The second kappa shape index (κ2) is 7.90. The highest BCUT2D eigenvalue weighted by Crippen LogP contribution is 2.13. The molecule has 1 aliphatic heterocycles. The molecule has 8 heteroatoms. The Labute approximate surface area is 125 Å². The highest BCUT2D eigenvalue weighted by atomic mass is 32.2. The van der Waals surface area contributed by atoms with Crippen LogP contribution in [0.5, 0.6) is 0 Å². The van der Waals surface area contributed by atoms with Gasteiger partial charge in [0.2, 0.25) is 5.09 Å². The van der Waals surface area contributed by atoms with E-state index in [1.165, 1.54) is 6.07 Å². The largest absolute Gasteiger partial charge is 0.447 e. The van der Waals surface area contributed by atoms with Crippen LogP contribution in [-0.4, -0.2) is 59.8 Å². The van der Waals surface area contributed by atoms with Crippen molar-refractivity contribution in [2.45, 2.75) is 18.1 Å². The van der Waals surface area contributed by atoms with Crippen LogP contribution in [0.3, 0.4) is 0 Å². The Morgan fingerprint density at radius 1 is 1.29 bits per heavy atom. The number of sulfonamides is 1. The topological polar surface area (TPSA) is 83.8 Å². The van der Waals surface area contributed by atoms with Crippen LogP contribution < -0.4 is 10.0 Å². The smallest absolute Gasteiger partial charge is 0.273 e. The predicted molar refractivity (Wildman–Crippen MR) is 78.5 cm³/mol. The van der Waals surface area contributed by atoms with Gasteiger partial charge in [0.1, 0.15) is 5.76 Å². The number of nitrogens with zero attached hydrogens (tertiary/aromatic N) is 1. The van der Waals surface area contributed by atoms with Gasteiger partial charge < -0.3 is 14.5 Å². The first kappa shape index (κ1) is 16.4. The van der Waals surface area contributed by atoms with Crippen molar-refractivity contribution >= 4 is 10.0 Å². The summed E-state index contributed by atoms with van der Waals surface area (Å²) in [6.45, 7) is 5.12. The summed E-state index contributed by atoms with van der Waals surface area (Å²) in [5, 5.41) is 2.88. The van der Waals surface area contributed by atoms with E-state index in [0.29, 0.717) is 18.8 Å². The number of hydrogen-bond acceptors (Lipinski definition) is 6. The molecule has 120 valence electrons. The minimum absolute atomic E-state index is 0.0286. The number of furan rings is 1. The molecule has 0 saturated carbocycles. The van der Waals surface area contributed by atoms with Gasteiger partial charge in [-0.05, 0) is 32.1 Å². The van der Waals surface area contributed by atoms with E-state index in [0.717, 1.165) is 39.3 Å². The fraction of sp³-hybridized carbons (Fsp3) is 0.692. The molecular formula is C13H23N3O4S. The van der Waals surface area contributed by atoms with Crippen LogP contribution in [0.15, 0.2) is 21.6 Å². The van der Waals surface area contributed by atoms with Gasteiger partial charge in [-0.2, -0.15) is 0 Å². The Balaban J connectivity index is 1.75. The van der Waals surface area contributed by atoms with Gasteiger partial charge >= 0.3 is 0 Å². The quantitative estimate of drug-likeness (QED) is 0.657. The summed E-state index contributed by atoms with van der Waals surface area (Å²) in [4.78, 5) is 2.27. The second-order valence-electron chi connectivity index (χ2n) is 4.96. The van der Waals surface area contributed by atoms with Gasteiger partial charge in [-0.25, -0.2) is 13.1 Å². The molecule has 0 aliphatic carbocycles. The summed E-state index contributed by atoms with van der Waals surface area (Å²) >= 11 is 0. The lowest BCUT2D eigenvalue weighted by Gasteiger charge is -2.26. The highest BCUT2D eigenvalue weighted by molar-refractivity contribution is 7.89. The molecule has 21 heavy (non-hydrogen) atoms. The third-order valence-electron chi connectivity index (χ3n) is 3.30. The van der Waals surface area contributed by atoms with E-state index in [9.17, 15) is 8.42 Å². The fourth-order valence-electron chi connectivity index (χ4n) is 2.18. The minimum Gasteiger partial charge on any atom is -0.447 e. The lowest BCUT2D eigenvalue weighted by Crippen LogP contribution is -2.38. The van der Waals surface area contributed by atoms with E-state index in [4.69, 9.17) is 9.15 Å². The summed E-state index contributed by atoms with van der Waals surface area (Å²) in [6.07, 6.45) is 0.767. The Morgan fingerprint density at radius 3 is 2.76 bits per heavy atom. The zero-order chi connectivity index (χ0) is 15.1. The molecule has 7 nitrogen and oxygen atoms in total. The van der Waals surface area contributed by atoms with Gasteiger partial charge in [-0.15, -0.1) is 0 Å². The standard InChI is InChI=1S/C13H23N3O4S/c1-14-11-12-3-4-13(20-12)21(17,18)15-5-2-6-16-7-9-19-10-8-16/h3-4,14-15H,2,5-11H2,1H3. The Bertz CT molecular complexity index is 523. The van der Waals surface area contributed by atoms with Gasteiger partial charge in [-0.3, -0.25) is 4.90 Å². The number of rotatable bonds is 8. The maximum atomic E-state index is 12.0. The SMILES string of the molecule is CNCc1ccc(S(=O)(=O)NCCCN2CCOCC2)o1. The Kier molecular flexibility index (Phi) is 6.19. The van der Waals surface area contributed by atoms with Crippen LogP contribution in [0.4, 0.5) is 0 Å². The predicted octanol–water partition coefficient (Wildman–Crippen LogP) is -0.000400. The van der Waals surface area contributed by atoms with Crippen molar-refractivity contribution in [3.05, 3.63) is 17.9 Å². The average Bonchev–Trinajstić information content (AvgIpc) is 2.95. The molecule has 0 unspecified atom stereocenters. The number of nitrogens with one attached hydrogen (secondary N) is 2. The molecule has 2 N–H and O–H groups in total. The zero-order valence-electron chi connectivity index (χ0n) is 12.3. The highest BCUT2D eigenvalue weighted by Gasteiger charge is 2.18. The Hall–Kier alpha value is -0.930. The van der Waals surface area contributed by atoms with Gasteiger partial charge in [-0.1, -0.05) is 0 Å². The summed E-state index contributed by atoms with van der Waals surface area (Å²) in [6, 6.07) is 3.15. The number of ether oxygens (including phenoxy) is 1. The molecule has 0 spiro atoms. The second-order valence-corrected chi connectivity index (χ2v) is 6.65. The van der Waals surface area contributed by atoms with Gasteiger partial charge in [0.25, 0.3) is 10.0 Å². The Morgan fingerprint density at radius 2 is 2.05 bits per heavy atom. The molecule has 0 aromatic carbocycles. The molecule has 1 aromatic rings. The van der Waals surface area contributed by atoms with Crippen molar-refractivity contribution in [2.75, 3.05) is 46.4 Å². The van der Waals surface area contributed by atoms with Crippen LogP contribution in [0.1, 0.15) is 12.2 Å². The number of hydrogen-bond donors (Lipinski definition) is 2. The van der Waals surface area contributed by atoms with Crippen LogP contribution in [0.2, 0.25) is 0 Å². The maximum Gasteiger partial charge on any atom is 0.273 e. The van der Waals surface area contributed by atoms with Crippen molar-refractivity contribution in [1.29, 1.82) is 0 Å². The van der Waals surface area contributed by atoms with Crippen molar-refractivity contribution in [2.24, 2.45) is 0 Å². The first-order chi connectivity index (χ1) is 10.1. The molecule has 1 aromatic heterocycles. The van der Waals surface area contributed by atoms with Crippen LogP contribution in [0, 0.1) is 0 Å². The molecule has 1 saturated heterocycles. The molecule has 2 rings (SSSR count). The average molecular weight is 317 g/mol. The van der Waals surface area contributed by atoms with Crippen LogP contribution in [0.25, 0.3) is 0 Å².